The zero-order chi connectivity index (χ0) is 23.4. The molecule has 2 aromatic carbocycles. The summed E-state index contributed by atoms with van der Waals surface area (Å²) in [5.41, 5.74) is 2.07. The second kappa shape index (κ2) is 9.80. The summed E-state index contributed by atoms with van der Waals surface area (Å²) in [5, 5.41) is 10.4. The minimum absolute atomic E-state index is 0.00495. The molecule has 0 bridgehead atoms. The second-order valence-corrected chi connectivity index (χ2v) is 8.28. The molecule has 0 spiro atoms. The molecule has 2 heterocycles. The van der Waals surface area contributed by atoms with Crippen LogP contribution in [0.5, 0.6) is 0 Å². The Morgan fingerprint density at radius 3 is 2.67 bits per heavy atom. The van der Waals surface area contributed by atoms with E-state index in [9.17, 15) is 9.59 Å². The van der Waals surface area contributed by atoms with E-state index in [0.29, 0.717) is 41.8 Å². The van der Waals surface area contributed by atoms with E-state index in [1.807, 2.05) is 53.2 Å². The molecule has 0 saturated heterocycles. The average Bonchev–Trinajstić information content (AvgIpc) is 3.20. The molecule has 0 aliphatic heterocycles. The van der Waals surface area contributed by atoms with Crippen molar-refractivity contribution in [3.8, 4) is 6.07 Å². The number of nitrogens with one attached hydrogen (secondary N) is 1. The third-order valence-electron chi connectivity index (χ3n) is 6.13. The summed E-state index contributed by atoms with van der Waals surface area (Å²) in [7, 11) is 0. The maximum atomic E-state index is 13.4. The number of aryl methyl sites for hydroxylation is 1. The van der Waals surface area contributed by atoms with Crippen LogP contribution in [0.25, 0.3) is 21.8 Å². The number of hydrogen-bond donors (Lipinski definition) is 1. The van der Waals surface area contributed by atoms with Gasteiger partial charge in [-0.25, -0.2) is 4.98 Å². The Balaban J connectivity index is 1.63. The molecule has 4 rings (SSSR count). The Kier molecular flexibility index (Phi) is 6.66. The molecule has 7 heteroatoms. The number of carbonyl (C=O) groups excluding carboxylic acids is 1. The lowest BCUT2D eigenvalue weighted by Crippen LogP contribution is -2.37. The lowest BCUT2D eigenvalue weighted by atomic mass is 10.1. The lowest BCUT2D eigenvalue weighted by molar-refractivity contribution is 0.0885. The summed E-state index contributed by atoms with van der Waals surface area (Å²) >= 11 is 0. The van der Waals surface area contributed by atoms with Crippen LogP contribution in [0.4, 0.5) is 0 Å². The molecule has 0 saturated carbocycles. The molecule has 1 N–H and O–H groups in total. The molecule has 0 fully saturated rings. The minimum Gasteiger partial charge on any atom is -0.346 e. The first-order valence-electron chi connectivity index (χ1n) is 11.2. The number of Topliss-reactive ketones (excluding diaryl/α,β-unsaturated/α-hetero) is 1. The molecule has 33 heavy (non-hydrogen) atoms. The molecule has 1 atom stereocenters. The van der Waals surface area contributed by atoms with Gasteiger partial charge >= 0.3 is 0 Å². The normalized spacial score (nSPS) is 12.3. The highest BCUT2D eigenvalue weighted by Gasteiger charge is 2.22. The highest BCUT2D eigenvalue weighted by Crippen LogP contribution is 2.23. The first-order chi connectivity index (χ1) is 16.0. The van der Waals surface area contributed by atoms with Gasteiger partial charge in [-0.1, -0.05) is 37.3 Å². The number of carbonyl (C=O) groups is 1. The topological polar surface area (TPSA) is 94.8 Å². The summed E-state index contributed by atoms with van der Waals surface area (Å²) in [5.74, 6) is 0.550. The van der Waals surface area contributed by atoms with Crippen LogP contribution in [0.2, 0.25) is 0 Å². The number of aromatic nitrogens is 3. The predicted molar refractivity (Wildman–Crippen MR) is 129 cm³/mol. The van der Waals surface area contributed by atoms with Crippen LogP contribution in [-0.2, 0) is 13.1 Å². The number of fused-ring (bicyclic) bond motifs is 2. The summed E-state index contributed by atoms with van der Waals surface area (Å²) in [6.07, 6.45) is 3.09. The van der Waals surface area contributed by atoms with Gasteiger partial charge in [0, 0.05) is 35.2 Å². The van der Waals surface area contributed by atoms with Gasteiger partial charge in [-0.05, 0) is 31.5 Å². The van der Waals surface area contributed by atoms with E-state index in [1.54, 1.807) is 6.07 Å². The average molecular weight is 442 g/mol. The van der Waals surface area contributed by atoms with Crippen molar-refractivity contribution in [1.82, 2.24) is 19.4 Å². The molecule has 0 aliphatic carbocycles. The van der Waals surface area contributed by atoms with E-state index in [0.717, 1.165) is 17.3 Å². The fraction of sp³-hybridized carbons (Fsp3) is 0.308. The molecule has 0 radical (unpaired) electrons. The monoisotopic (exact) mass is 441 g/mol. The number of ketones is 1. The van der Waals surface area contributed by atoms with Crippen LogP contribution in [0.1, 0.15) is 42.9 Å². The Morgan fingerprint density at radius 2 is 1.91 bits per heavy atom. The summed E-state index contributed by atoms with van der Waals surface area (Å²) < 4.78 is 1.97. The first kappa shape index (κ1) is 22.4. The molecule has 168 valence electrons. The van der Waals surface area contributed by atoms with Crippen molar-refractivity contribution in [2.45, 2.75) is 45.8 Å². The van der Waals surface area contributed by atoms with Crippen LogP contribution >= 0.6 is 0 Å². The largest absolute Gasteiger partial charge is 0.346 e. The Hall–Kier alpha value is -3.76. The predicted octanol–water partition coefficient (Wildman–Crippen LogP) is 4.27. The quantitative estimate of drug-likeness (QED) is 0.391. The van der Waals surface area contributed by atoms with Crippen molar-refractivity contribution >= 4 is 27.6 Å². The maximum absolute atomic E-state index is 13.4. The SMILES string of the molecule is CCC(C)N(CC(=O)c1cn(CCC#N)c2ccccc12)Cc1nc2ccccc2c(=O)[nH]1. The molecule has 0 amide bonds. The number of hydrogen-bond acceptors (Lipinski definition) is 5. The number of aromatic amines is 1. The zero-order valence-electron chi connectivity index (χ0n) is 18.9. The van der Waals surface area contributed by atoms with Crippen molar-refractivity contribution < 1.29 is 4.79 Å². The van der Waals surface area contributed by atoms with Crippen molar-refractivity contribution in [2.75, 3.05) is 6.54 Å². The molecule has 1 unspecified atom stereocenters. The first-order valence-corrected chi connectivity index (χ1v) is 11.2. The standard InChI is InChI=1S/C26H27N5O2/c1-3-18(2)31(17-25-28-22-11-6-4-10-20(22)26(33)29-25)16-24(32)21-15-30(14-8-13-27)23-12-7-5-9-19(21)23/h4-7,9-12,15,18H,3,8,14,16-17H2,1-2H3,(H,28,29,33). The van der Waals surface area contributed by atoms with Crippen LogP contribution < -0.4 is 5.56 Å². The van der Waals surface area contributed by atoms with E-state index in [4.69, 9.17) is 5.26 Å². The third-order valence-corrected chi connectivity index (χ3v) is 6.13. The number of H-pyrrole nitrogens is 1. The van der Waals surface area contributed by atoms with Gasteiger partial charge in [0.05, 0.1) is 36.5 Å². The van der Waals surface area contributed by atoms with Gasteiger partial charge in [-0.2, -0.15) is 5.26 Å². The van der Waals surface area contributed by atoms with E-state index in [1.165, 1.54) is 0 Å². The fourth-order valence-electron chi connectivity index (χ4n) is 4.12. The summed E-state index contributed by atoms with van der Waals surface area (Å²) in [6, 6.07) is 17.3. The Morgan fingerprint density at radius 1 is 1.18 bits per heavy atom. The third kappa shape index (κ3) is 4.71. The van der Waals surface area contributed by atoms with Gasteiger partial charge in [0.1, 0.15) is 5.82 Å². The Bertz CT molecular complexity index is 1400. The smallest absolute Gasteiger partial charge is 0.258 e. The van der Waals surface area contributed by atoms with Gasteiger partial charge in [0.2, 0.25) is 0 Å². The highest BCUT2D eigenvalue weighted by atomic mass is 16.1. The van der Waals surface area contributed by atoms with Gasteiger partial charge < -0.3 is 9.55 Å². The van der Waals surface area contributed by atoms with Crippen molar-refractivity contribution in [3.05, 3.63) is 76.5 Å². The highest BCUT2D eigenvalue weighted by molar-refractivity contribution is 6.09. The second-order valence-electron chi connectivity index (χ2n) is 8.28. The fourth-order valence-corrected chi connectivity index (χ4v) is 4.12. The van der Waals surface area contributed by atoms with Gasteiger partial charge in [0.15, 0.2) is 5.78 Å². The van der Waals surface area contributed by atoms with Crippen molar-refractivity contribution in [1.29, 1.82) is 5.26 Å². The number of rotatable bonds is 9. The maximum Gasteiger partial charge on any atom is 0.258 e. The van der Waals surface area contributed by atoms with E-state index >= 15 is 0 Å². The van der Waals surface area contributed by atoms with Gasteiger partial charge in [0.25, 0.3) is 5.56 Å². The number of nitrogens with zero attached hydrogens (tertiary/aromatic N) is 4. The molecule has 7 nitrogen and oxygen atoms in total. The molecule has 2 aromatic heterocycles. The van der Waals surface area contributed by atoms with E-state index in [2.05, 4.69) is 34.8 Å². The Labute approximate surface area is 192 Å². The number of para-hydroxylation sites is 2. The van der Waals surface area contributed by atoms with Crippen molar-refractivity contribution in [2.24, 2.45) is 0 Å². The molecule has 0 aliphatic rings. The number of benzene rings is 2. The van der Waals surface area contributed by atoms with Gasteiger partial charge in [-0.3, -0.25) is 14.5 Å². The van der Waals surface area contributed by atoms with E-state index in [-0.39, 0.29) is 23.9 Å². The van der Waals surface area contributed by atoms with Crippen LogP contribution in [0.15, 0.2) is 59.5 Å². The van der Waals surface area contributed by atoms with Crippen LogP contribution in [0, 0.1) is 11.3 Å². The molecular formula is C26H27N5O2. The number of nitriles is 1. The zero-order valence-corrected chi connectivity index (χ0v) is 18.9. The van der Waals surface area contributed by atoms with Crippen molar-refractivity contribution in [3.63, 3.8) is 0 Å². The lowest BCUT2D eigenvalue weighted by Gasteiger charge is -2.27. The molecule has 4 aromatic rings. The summed E-state index contributed by atoms with van der Waals surface area (Å²) in [4.78, 5) is 35.5. The molecular weight excluding hydrogens is 414 g/mol. The summed E-state index contributed by atoms with van der Waals surface area (Å²) in [6.45, 7) is 5.27. The van der Waals surface area contributed by atoms with Gasteiger partial charge in [-0.15, -0.1) is 0 Å². The minimum atomic E-state index is -0.174. The van der Waals surface area contributed by atoms with Crippen LogP contribution in [0.3, 0.4) is 0 Å². The van der Waals surface area contributed by atoms with Crippen LogP contribution in [-0.4, -0.2) is 37.8 Å². The van der Waals surface area contributed by atoms with E-state index < -0.39 is 0 Å².